The second-order valence-corrected chi connectivity index (χ2v) is 13.8. The highest BCUT2D eigenvalue weighted by Crippen LogP contribution is 2.19. The van der Waals surface area contributed by atoms with Crippen molar-refractivity contribution in [2.24, 2.45) is 5.92 Å². The van der Waals surface area contributed by atoms with Crippen LogP contribution in [0.5, 0.6) is 0 Å². The van der Waals surface area contributed by atoms with Crippen LogP contribution in [0, 0.1) is 12.8 Å². The third-order valence-corrected chi connectivity index (χ3v) is 9.43. The van der Waals surface area contributed by atoms with E-state index in [0.29, 0.717) is 5.92 Å². The average molecular weight is 562 g/mol. The quantitative estimate of drug-likeness (QED) is 0.0667. The van der Waals surface area contributed by atoms with E-state index < -0.39 is 0 Å². The van der Waals surface area contributed by atoms with Crippen molar-refractivity contribution in [2.45, 2.75) is 245 Å². The summed E-state index contributed by atoms with van der Waals surface area (Å²) < 4.78 is 0. The summed E-state index contributed by atoms with van der Waals surface area (Å²) in [5.41, 5.74) is 0. The molecule has 0 aliphatic carbocycles. The van der Waals surface area contributed by atoms with Gasteiger partial charge < -0.3 is 0 Å². The fourth-order valence-corrected chi connectivity index (χ4v) is 6.46. The van der Waals surface area contributed by atoms with Crippen LogP contribution in [-0.2, 0) is 0 Å². The van der Waals surface area contributed by atoms with Gasteiger partial charge in [0.05, 0.1) is 0 Å². The molecule has 0 aliphatic heterocycles. The summed E-state index contributed by atoms with van der Waals surface area (Å²) >= 11 is 0. The van der Waals surface area contributed by atoms with Gasteiger partial charge >= 0.3 is 0 Å². The van der Waals surface area contributed by atoms with E-state index in [-0.39, 0.29) is 0 Å². The minimum atomic E-state index is 0.716. The van der Waals surface area contributed by atoms with Crippen LogP contribution in [0.15, 0.2) is 0 Å². The SMILES string of the molecule is [CH2]C(CCCCCCCCCCCC)CCCCCCCCCCCCCCCCCCCCCCCCCC. The van der Waals surface area contributed by atoms with Crippen LogP contribution in [0.25, 0.3) is 0 Å². The molecule has 1 radical (unpaired) electrons. The highest BCUT2D eigenvalue weighted by atomic mass is 14.1. The van der Waals surface area contributed by atoms with Gasteiger partial charge in [0.15, 0.2) is 0 Å². The normalized spacial score (nSPS) is 12.4. The minimum absolute atomic E-state index is 0.716. The van der Waals surface area contributed by atoms with Crippen LogP contribution in [0.3, 0.4) is 0 Å². The second kappa shape index (κ2) is 37.0. The molecule has 0 aromatic carbocycles. The first-order valence-electron chi connectivity index (χ1n) is 19.6. The summed E-state index contributed by atoms with van der Waals surface area (Å²) in [4.78, 5) is 0. The molecule has 0 aliphatic rings. The summed E-state index contributed by atoms with van der Waals surface area (Å²) in [6.07, 6.45) is 52.6. The molecule has 0 aromatic heterocycles. The molecule has 0 N–H and O–H groups in total. The van der Waals surface area contributed by atoms with Crippen LogP contribution < -0.4 is 0 Å². The molecule has 0 heterocycles. The molecule has 1 unspecified atom stereocenters. The Kier molecular flexibility index (Phi) is 37.0. The van der Waals surface area contributed by atoms with E-state index in [4.69, 9.17) is 0 Å². The molecule has 1 atom stereocenters. The van der Waals surface area contributed by atoms with Crippen LogP contribution >= 0.6 is 0 Å². The first kappa shape index (κ1) is 40.0. The Hall–Kier alpha value is 0. The van der Waals surface area contributed by atoms with Crippen molar-refractivity contribution in [3.05, 3.63) is 6.92 Å². The molecule has 0 heteroatoms. The third kappa shape index (κ3) is 36.0. The van der Waals surface area contributed by atoms with Gasteiger partial charge in [-0.2, -0.15) is 0 Å². The zero-order valence-electron chi connectivity index (χ0n) is 28.7. The molecule has 0 saturated carbocycles. The van der Waals surface area contributed by atoms with E-state index in [1.807, 2.05) is 0 Å². The Morgan fingerprint density at radius 2 is 0.400 bits per heavy atom. The van der Waals surface area contributed by atoms with Gasteiger partial charge in [0.25, 0.3) is 0 Å². The van der Waals surface area contributed by atoms with Gasteiger partial charge in [-0.25, -0.2) is 0 Å². The number of hydrogen-bond donors (Lipinski definition) is 0. The lowest BCUT2D eigenvalue weighted by Crippen LogP contribution is -1.95. The van der Waals surface area contributed by atoms with Crippen molar-refractivity contribution in [3.8, 4) is 0 Å². The predicted octanol–water partition coefficient (Wildman–Crippen LogP) is 15.5. The van der Waals surface area contributed by atoms with Crippen molar-refractivity contribution in [3.63, 3.8) is 0 Å². The molecule has 0 amide bonds. The summed E-state index contributed by atoms with van der Waals surface area (Å²) in [7, 11) is 0. The van der Waals surface area contributed by atoms with E-state index >= 15 is 0 Å². The topological polar surface area (TPSA) is 0 Å². The Labute approximate surface area is 257 Å². The van der Waals surface area contributed by atoms with Crippen molar-refractivity contribution < 1.29 is 0 Å². The summed E-state index contributed by atoms with van der Waals surface area (Å²) in [5, 5.41) is 0. The molecule has 40 heavy (non-hydrogen) atoms. The molecule has 0 nitrogen and oxygen atoms in total. The van der Waals surface area contributed by atoms with Crippen molar-refractivity contribution in [2.75, 3.05) is 0 Å². The average Bonchev–Trinajstić information content (AvgIpc) is 2.96. The van der Waals surface area contributed by atoms with Gasteiger partial charge in [-0.3, -0.25) is 0 Å². The largest absolute Gasteiger partial charge is 0.0654 e. The molecule has 0 aromatic rings. The lowest BCUT2D eigenvalue weighted by molar-refractivity contribution is 0.459. The number of hydrogen-bond acceptors (Lipinski definition) is 0. The zero-order chi connectivity index (χ0) is 29.0. The highest BCUT2D eigenvalue weighted by molar-refractivity contribution is 4.62. The first-order chi connectivity index (χ1) is 19.8. The predicted molar refractivity (Wildman–Crippen MR) is 186 cm³/mol. The highest BCUT2D eigenvalue weighted by Gasteiger charge is 2.03. The molecular weight excluding hydrogens is 480 g/mol. The first-order valence-corrected chi connectivity index (χ1v) is 19.6. The fourth-order valence-electron chi connectivity index (χ4n) is 6.46. The lowest BCUT2D eigenvalue weighted by Gasteiger charge is -2.11. The molecule has 0 fully saturated rings. The molecular formula is C40H81. The van der Waals surface area contributed by atoms with Gasteiger partial charge in [-0.05, 0) is 5.92 Å². The van der Waals surface area contributed by atoms with Gasteiger partial charge in [0.2, 0.25) is 0 Å². The fraction of sp³-hybridized carbons (Fsp3) is 0.975. The van der Waals surface area contributed by atoms with Gasteiger partial charge in [0, 0.05) is 0 Å². The zero-order valence-corrected chi connectivity index (χ0v) is 28.7. The van der Waals surface area contributed by atoms with Crippen molar-refractivity contribution in [1.82, 2.24) is 0 Å². The van der Waals surface area contributed by atoms with E-state index in [2.05, 4.69) is 20.8 Å². The third-order valence-electron chi connectivity index (χ3n) is 9.43. The van der Waals surface area contributed by atoms with E-state index in [1.54, 1.807) is 0 Å². The van der Waals surface area contributed by atoms with Gasteiger partial charge in [-0.1, -0.05) is 252 Å². The molecule has 0 bridgehead atoms. The van der Waals surface area contributed by atoms with E-state index in [1.165, 1.54) is 231 Å². The smallest absolute Gasteiger partial charge is 0.0414 e. The Balaban J connectivity index is 3.11. The summed E-state index contributed by atoms with van der Waals surface area (Å²) in [6.45, 7) is 9.06. The maximum absolute atomic E-state index is 4.44. The maximum Gasteiger partial charge on any atom is -0.0414 e. The van der Waals surface area contributed by atoms with E-state index in [9.17, 15) is 0 Å². The monoisotopic (exact) mass is 562 g/mol. The summed E-state index contributed by atoms with van der Waals surface area (Å²) in [5.74, 6) is 0.716. The van der Waals surface area contributed by atoms with Crippen molar-refractivity contribution in [1.29, 1.82) is 0 Å². The standard InChI is InChI=1S/C40H81/c1-4-6-8-10-12-14-16-17-18-19-20-21-22-23-24-25-26-27-28-29-31-33-35-37-39-40(3)38-36-34-32-30-15-13-11-9-7-5-2/h40H,3-39H2,1-2H3. The molecule has 0 spiro atoms. The number of rotatable bonds is 36. The van der Waals surface area contributed by atoms with Crippen LogP contribution in [0.4, 0.5) is 0 Å². The Morgan fingerprint density at radius 3 is 0.575 bits per heavy atom. The van der Waals surface area contributed by atoms with Crippen LogP contribution in [-0.4, -0.2) is 0 Å². The Bertz CT molecular complexity index is 412. The molecule has 0 saturated heterocycles. The van der Waals surface area contributed by atoms with Crippen LogP contribution in [0.1, 0.15) is 245 Å². The van der Waals surface area contributed by atoms with E-state index in [0.717, 1.165) is 0 Å². The maximum atomic E-state index is 4.44. The molecule has 241 valence electrons. The minimum Gasteiger partial charge on any atom is -0.0654 e. The lowest BCUT2D eigenvalue weighted by atomic mass is 9.95. The Morgan fingerprint density at radius 1 is 0.250 bits per heavy atom. The van der Waals surface area contributed by atoms with Crippen LogP contribution in [0.2, 0.25) is 0 Å². The molecule has 0 rings (SSSR count). The number of unbranched alkanes of at least 4 members (excludes halogenated alkanes) is 32. The van der Waals surface area contributed by atoms with Gasteiger partial charge in [-0.15, -0.1) is 0 Å². The van der Waals surface area contributed by atoms with Crippen molar-refractivity contribution >= 4 is 0 Å². The summed E-state index contributed by atoms with van der Waals surface area (Å²) in [6, 6.07) is 0. The second-order valence-electron chi connectivity index (χ2n) is 13.8. The van der Waals surface area contributed by atoms with Gasteiger partial charge in [0.1, 0.15) is 0 Å².